The van der Waals surface area contributed by atoms with Crippen LogP contribution in [0.25, 0.3) is 0 Å². The number of hydrogen-bond donors (Lipinski definition) is 2. The van der Waals surface area contributed by atoms with E-state index in [0.717, 1.165) is 6.42 Å². The third kappa shape index (κ3) is 4.35. The van der Waals surface area contributed by atoms with Gasteiger partial charge in [-0.1, -0.05) is 34.1 Å². The van der Waals surface area contributed by atoms with Crippen LogP contribution in [0.1, 0.15) is 60.3 Å². The zero-order chi connectivity index (χ0) is 16.3. The van der Waals surface area contributed by atoms with Gasteiger partial charge in [0.05, 0.1) is 5.41 Å². The summed E-state index contributed by atoms with van der Waals surface area (Å²) in [5.74, 6) is -0.715. The normalized spacial score (nSPS) is 20.0. The van der Waals surface area contributed by atoms with E-state index in [1.165, 1.54) is 0 Å². The fourth-order valence-corrected chi connectivity index (χ4v) is 2.68. The average Bonchev–Trinajstić information content (AvgIpc) is 2.38. The van der Waals surface area contributed by atoms with Crippen LogP contribution >= 0.6 is 0 Å². The van der Waals surface area contributed by atoms with Gasteiger partial charge < -0.3 is 15.3 Å². The molecule has 1 unspecified atom stereocenters. The van der Waals surface area contributed by atoms with Crippen molar-refractivity contribution in [3.63, 3.8) is 0 Å². The van der Waals surface area contributed by atoms with Gasteiger partial charge in [0.15, 0.2) is 0 Å². The van der Waals surface area contributed by atoms with Crippen molar-refractivity contribution in [1.82, 2.24) is 10.2 Å². The molecule has 1 saturated heterocycles. The summed E-state index contributed by atoms with van der Waals surface area (Å²) < 4.78 is 0. The summed E-state index contributed by atoms with van der Waals surface area (Å²) in [7, 11) is 0. The van der Waals surface area contributed by atoms with Gasteiger partial charge in [-0.15, -0.1) is 0 Å². The number of carbonyl (C=O) groups is 2. The van der Waals surface area contributed by atoms with Gasteiger partial charge in [0.1, 0.15) is 0 Å². The van der Waals surface area contributed by atoms with Crippen molar-refractivity contribution in [2.75, 3.05) is 13.1 Å². The third-order valence-corrected chi connectivity index (χ3v) is 4.83. The first kappa shape index (κ1) is 17.8. The Morgan fingerprint density at radius 3 is 2.19 bits per heavy atom. The highest BCUT2D eigenvalue weighted by atomic mass is 16.4. The molecule has 1 aliphatic heterocycles. The van der Waals surface area contributed by atoms with Gasteiger partial charge >= 0.3 is 12.0 Å². The molecule has 1 atom stereocenters. The number of piperidine rings is 1. The van der Waals surface area contributed by atoms with Crippen LogP contribution in [0.3, 0.4) is 0 Å². The largest absolute Gasteiger partial charge is 0.481 e. The molecule has 0 bridgehead atoms. The maximum absolute atomic E-state index is 12.3. The van der Waals surface area contributed by atoms with Crippen molar-refractivity contribution in [3.05, 3.63) is 0 Å². The van der Waals surface area contributed by atoms with Crippen molar-refractivity contribution >= 4 is 12.0 Å². The summed E-state index contributed by atoms with van der Waals surface area (Å²) in [6, 6.07) is -0.000267. The number of carbonyl (C=O) groups excluding carboxylic acids is 1. The van der Waals surface area contributed by atoms with E-state index in [1.807, 2.05) is 13.8 Å². The predicted octanol–water partition coefficient (Wildman–Crippen LogP) is 3.10. The molecule has 5 heteroatoms. The number of likely N-dealkylation sites (tertiary alicyclic amines) is 1. The zero-order valence-corrected chi connectivity index (χ0v) is 14.0. The Labute approximate surface area is 128 Å². The van der Waals surface area contributed by atoms with Crippen LogP contribution in [0.5, 0.6) is 0 Å². The Bertz CT molecular complexity index is 379. The minimum absolute atomic E-state index is 0.0124. The summed E-state index contributed by atoms with van der Waals surface area (Å²) in [6.07, 6.45) is 2.65. The van der Waals surface area contributed by atoms with Gasteiger partial charge in [0.2, 0.25) is 0 Å². The van der Waals surface area contributed by atoms with E-state index in [1.54, 1.807) is 4.90 Å². The summed E-state index contributed by atoms with van der Waals surface area (Å²) in [4.78, 5) is 25.5. The minimum Gasteiger partial charge on any atom is -0.481 e. The first-order chi connectivity index (χ1) is 9.62. The van der Waals surface area contributed by atoms with E-state index in [-0.39, 0.29) is 17.5 Å². The highest BCUT2D eigenvalue weighted by Gasteiger charge is 2.41. The number of carboxylic acids is 1. The first-order valence-corrected chi connectivity index (χ1v) is 7.91. The maximum Gasteiger partial charge on any atom is 0.317 e. The van der Waals surface area contributed by atoms with Crippen molar-refractivity contribution < 1.29 is 14.7 Å². The fraction of sp³-hybridized carbons (Fsp3) is 0.875. The maximum atomic E-state index is 12.3. The molecule has 21 heavy (non-hydrogen) atoms. The van der Waals surface area contributed by atoms with E-state index in [2.05, 4.69) is 26.1 Å². The second kappa shape index (κ2) is 6.67. The van der Waals surface area contributed by atoms with Crippen LogP contribution in [0.4, 0.5) is 4.79 Å². The van der Waals surface area contributed by atoms with Crippen molar-refractivity contribution in [2.24, 2.45) is 10.8 Å². The third-order valence-electron chi connectivity index (χ3n) is 4.83. The molecule has 0 aromatic rings. The highest BCUT2D eigenvalue weighted by molar-refractivity contribution is 5.77. The molecule has 1 fully saturated rings. The van der Waals surface area contributed by atoms with Crippen LogP contribution in [0.15, 0.2) is 0 Å². The monoisotopic (exact) mass is 298 g/mol. The lowest BCUT2D eigenvalue weighted by atomic mass is 9.75. The molecule has 1 aliphatic rings. The van der Waals surface area contributed by atoms with Crippen LogP contribution in [0, 0.1) is 10.8 Å². The van der Waals surface area contributed by atoms with Crippen LogP contribution < -0.4 is 5.32 Å². The Morgan fingerprint density at radius 2 is 1.81 bits per heavy atom. The Morgan fingerprint density at radius 1 is 1.29 bits per heavy atom. The number of nitrogens with zero attached hydrogens (tertiary/aromatic N) is 1. The molecule has 2 N–H and O–H groups in total. The molecule has 2 amide bonds. The van der Waals surface area contributed by atoms with E-state index < -0.39 is 11.4 Å². The molecule has 0 saturated carbocycles. The number of aliphatic carboxylic acids is 1. The number of nitrogens with one attached hydrogen (secondary N) is 1. The molecular formula is C16H30N2O3. The zero-order valence-electron chi connectivity index (χ0n) is 14.0. The number of hydrogen-bond acceptors (Lipinski definition) is 2. The molecular weight excluding hydrogens is 268 g/mol. The highest BCUT2D eigenvalue weighted by Crippen LogP contribution is 2.36. The quantitative estimate of drug-likeness (QED) is 0.838. The summed E-state index contributed by atoms with van der Waals surface area (Å²) in [6.45, 7) is 11.3. The molecule has 0 aromatic carbocycles. The Kier molecular flexibility index (Phi) is 5.65. The number of amides is 2. The van der Waals surface area contributed by atoms with E-state index >= 15 is 0 Å². The fourth-order valence-electron chi connectivity index (χ4n) is 2.68. The van der Waals surface area contributed by atoms with E-state index in [9.17, 15) is 14.7 Å². The molecule has 0 spiro atoms. The molecule has 1 rings (SSSR count). The minimum atomic E-state index is -0.715. The number of urea groups is 1. The molecule has 0 aromatic heterocycles. The summed E-state index contributed by atoms with van der Waals surface area (Å²) >= 11 is 0. The summed E-state index contributed by atoms with van der Waals surface area (Å²) in [5.41, 5.74) is -0.625. The van der Waals surface area contributed by atoms with Crippen molar-refractivity contribution in [1.29, 1.82) is 0 Å². The summed E-state index contributed by atoms with van der Waals surface area (Å²) in [5, 5.41) is 12.5. The standard InChI is InChI=1S/C16H30N2O3/c1-6-7-16(13(19)20)8-10-18(11-9-16)14(21)17-12(2)15(3,4)5/h12H,6-11H2,1-5H3,(H,17,21)(H,19,20). The van der Waals surface area contributed by atoms with Gasteiger partial charge in [-0.3, -0.25) is 4.79 Å². The molecule has 0 aliphatic carbocycles. The van der Waals surface area contributed by atoms with Crippen LogP contribution in [0.2, 0.25) is 0 Å². The van der Waals surface area contributed by atoms with Gasteiger partial charge in [-0.2, -0.15) is 0 Å². The van der Waals surface area contributed by atoms with Gasteiger partial charge in [-0.05, 0) is 31.6 Å². The van der Waals surface area contributed by atoms with E-state index in [0.29, 0.717) is 32.4 Å². The van der Waals surface area contributed by atoms with Gasteiger partial charge in [0.25, 0.3) is 0 Å². The molecule has 1 heterocycles. The topological polar surface area (TPSA) is 69.6 Å². The SMILES string of the molecule is CCCC1(C(=O)O)CCN(C(=O)NC(C)C(C)(C)C)CC1. The second-order valence-electron chi connectivity index (χ2n) is 7.36. The Balaban J connectivity index is 2.60. The smallest absolute Gasteiger partial charge is 0.317 e. The molecule has 5 nitrogen and oxygen atoms in total. The van der Waals surface area contributed by atoms with Crippen LogP contribution in [-0.4, -0.2) is 41.1 Å². The van der Waals surface area contributed by atoms with Crippen molar-refractivity contribution in [3.8, 4) is 0 Å². The van der Waals surface area contributed by atoms with Crippen LogP contribution in [-0.2, 0) is 4.79 Å². The first-order valence-electron chi connectivity index (χ1n) is 7.91. The predicted molar refractivity (Wildman–Crippen MR) is 83.2 cm³/mol. The lowest BCUT2D eigenvalue weighted by molar-refractivity contribution is -0.152. The number of rotatable bonds is 4. The lowest BCUT2D eigenvalue weighted by Crippen LogP contribution is -2.53. The number of carboxylic acid groups (broad SMARTS) is 1. The Hall–Kier alpha value is -1.26. The van der Waals surface area contributed by atoms with E-state index in [4.69, 9.17) is 0 Å². The van der Waals surface area contributed by atoms with Gasteiger partial charge in [0, 0.05) is 19.1 Å². The van der Waals surface area contributed by atoms with Crippen molar-refractivity contribution in [2.45, 2.75) is 66.3 Å². The molecule has 122 valence electrons. The lowest BCUT2D eigenvalue weighted by Gasteiger charge is -2.40. The van der Waals surface area contributed by atoms with Gasteiger partial charge in [-0.25, -0.2) is 4.79 Å². The average molecular weight is 298 g/mol. The molecule has 0 radical (unpaired) electrons. The second-order valence-corrected chi connectivity index (χ2v) is 7.36.